The Morgan fingerprint density at radius 3 is 2.75 bits per heavy atom. The highest BCUT2D eigenvalue weighted by Gasteiger charge is 2.05. The second kappa shape index (κ2) is 3.50. The van der Waals surface area contributed by atoms with E-state index in [1.54, 1.807) is 6.20 Å². The van der Waals surface area contributed by atoms with Crippen LogP contribution >= 0.6 is 0 Å². The number of rotatable bonds is 2. The summed E-state index contributed by atoms with van der Waals surface area (Å²) >= 11 is 0. The van der Waals surface area contributed by atoms with Crippen LogP contribution in [-0.2, 0) is 0 Å². The van der Waals surface area contributed by atoms with Crippen molar-refractivity contribution >= 4 is 0 Å². The third-order valence-corrected chi connectivity index (χ3v) is 1.79. The third kappa shape index (κ3) is 1.92. The first kappa shape index (κ1) is 8.94. The van der Waals surface area contributed by atoms with Crippen LogP contribution < -0.4 is 5.73 Å². The molecule has 1 aromatic rings. The summed E-state index contributed by atoms with van der Waals surface area (Å²) in [4.78, 5) is 4.07. The number of aryl methyl sites for hydroxylation is 1. The van der Waals surface area contributed by atoms with E-state index in [1.165, 1.54) is 0 Å². The molecule has 0 bridgehead atoms. The van der Waals surface area contributed by atoms with Crippen molar-refractivity contribution < 1.29 is 0 Å². The predicted molar refractivity (Wildman–Crippen MR) is 50.7 cm³/mol. The Morgan fingerprint density at radius 2 is 2.25 bits per heavy atom. The van der Waals surface area contributed by atoms with Gasteiger partial charge < -0.3 is 5.73 Å². The van der Waals surface area contributed by atoms with Crippen LogP contribution in [0.5, 0.6) is 0 Å². The summed E-state index contributed by atoms with van der Waals surface area (Å²) in [7, 11) is 0. The minimum atomic E-state index is -0.0857. The molecule has 0 aliphatic rings. The molecule has 0 aromatic carbocycles. The van der Waals surface area contributed by atoms with Gasteiger partial charge in [-0.05, 0) is 25.0 Å². The summed E-state index contributed by atoms with van der Waals surface area (Å²) in [6.07, 6.45) is 3.60. The lowest BCUT2D eigenvalue weighted by atomic mass is 10.0. The molecule has 0 saturated heterocycles. The van der Waals surface area contributed by atoms with Crippen LogP contribution in [0.4, 0.5) is 0 Å². The van der Waals surface area contributed by atoms with E-state index in [0.29, 0.717) is 0 Å². The third-order valence-electron chi connectivity index (χ3n) is 1.79. The number of nitrogens with two attached hydrogens (primary N) is 1. The molecule has 64 valence electrons. The molecule has 2 nitrogen and oxygen atoms in total. The molecule has 1 aromatic heterocycles. The molecule has 2 heteroatoms. The average molecular weight is 162 g/mol. The van der Waals surface area contributed by atoms with Crippen LogP contribution in [0, 0.1) is 6.92 Å². The Morgan fingerprint density at radius 1 is 1.58 bits per heavy atom. The highest BCUT2D eigenvalue weighted by atomic mass is 14.7. The van der Waals surface area contributed by atoms with Gasteiger partial charge in [0.1, 0.15) is 0 Å². The van der Waals surface area contributed by atoms with Crippen molar-refractivity contribution in [1.29, 1.82) is 0 Å². The first-order valence-corrected chi connectivity index (χ1v) is 3.94. The highest BCUT2D eigenvalue weighted by Crippen LogP contribution is 2.16. The van der Waals surface area contributed by atoms with Crippen LogP contribution in [-0.4, -0.2) is 4.98 Å². The Bertz CT molecular complexity index is 292. The Kier molecular flexibility index (Phi) is 2.61. The van der Waals surface area contributed by atoms with Gasteiger partial charge in [-0.1, -0.05) is 18.2 Å². The summed E-state index contributed by atoms with van der Waals surface area (Å²) in [5.74, 6) is 0. The van der Waals surface area contributed by atoms with Crippen molar-refractivity contribution in [2.75, 3.05) is 0 Å². The molecular weight excluding hydrogens is 148 g/mol. The summed E-state index contributed by atoms with van der Waals surface area (Å²) in [5.41, 5.74) is 8.99. The molecule has 1 rings (SSSR count). The minimum Gasteiger partial charge on any atom is -0.321 e. The maximum atomic E-state index is 5.87. The van der Waals surface area contributed by atoms with Crippen LogP contribution in [0.25, 0.3) is 0 Å². The molecule has 1 atom stereocenters. The van der Waals surface area contributed by atoms with E-state index in [1.807, 2.05) is 26.1 Å². The molecule has 0 fully saturated rings. The van der Waals surface area contributed by atoms with Gasteiger partial charge >= 0.3 is 0 Å². The molecule has 2 N–H and O–H groups in total. The number of nitrogens with zero attached hydrogens (tertiary/aromatic N) is 1. The van der Waals surface area contributed by atoms with Gasteiger partial charge in [-0.15, -0.1) is 0 Å². The van der Waals surface area contributed by atoms with Crippen LogP contribution in [0.15, 0.2) is 30.6 Å². The summed E-state index contributed by atoms with van der Waals surface area (Å²) in [5, 5.41) is 0. The van der Waals surface area contributed by atoms with Crippen molar-refractivity contribution in [1.82, 2.24) is 4.98 Å². The van der Waals surface area contributed by atoms with Gasteiger partial charge in [-0.25, -0.2) is 0 Å². The van der Waals surface area contributed by atoms with Crippen molar-refractivity contribution in [3.63, 3.8) is 0 Å². The van der Waals surface area contributed by atoms with Crippen molar-refractivity contribution in [2.24, 2.45) is 5.73 Å². The normalized spacial score (nSPS) is 12.6. The van der Waals surface area contributed by atoms with Crippen molar-refractivity contribution in [3.05, 3.63) is 41.7 Å². The second-order valence-corrected chi connectivity index (χ2v) is 3.12. The minimum absolute atomic E-state index is 0.0857. The topological polar surface area (TPSA) is 38.9 Å². The molecule has 0 aliphatic heterocycles. The average Bonchev–Trinajstić information content (AvgIpc) is 2.03. The predicted octanol–water partition coefficient (Wildman–Crippen LogP) is 1.97. The zero-order valence-corrected chi connectivity index (χ0v) is 7.54. The molecule has 0 radical (unpaired) electrons. The van der Waals surface area contributed by atoms with Crippen LogP contribution in [0.1, 0.15) is 24.1 Å². The maximum absolute atomic E-state index is 5.87. The molecule has 0 amide bonds. The monoisotopic (exact) mass is 162 g/mol. The molecule has 1 heterocycles. The summed E-state index contributed by atoms with van der Waals surface area (Å²) in [6.45, 7) is 7.73. The van der Waals surface area contributed by atoms with Gasteiger partial charge in [0.05, 0.1) is 6.04 Å². The first-order valence-electron chi connectivity index (χ1n) is 3.94. The van der Waals surface area contributed by atoms with E-state index in [4.69, 9.17) is 5.73 Å². The van der Waals surface area contributed by atoms with Gasteiger partial charge in [0.15, 0.2) is 0 Å². The number of hydrogen-bond acceptors (Lipinski definition) is 2. The lowest BCUT2D eigenvalue weighted by molar-refractivity contribution is 0.841. The lowest BCUT2D eigenvalue weighted by Crippen LogP contribution is -2.11. The fraction of sp³-hybridized carbons (Fsp3) is 0.300. The molecule has 0 spiro atoms. The SMILES string of the molecule is C=C(C)C(N)c1cncc(C)c1. The Balaban J connectivity index is 2.95. The van der Waals surface area contributed by atoms with Gasteiger partial charge in [0.25, 0.3) is 0 Å². The maximum Gasteiger partial charge on any atom is 0.0521 e. The van der Waals surface area contributed by atoms with Gasteiger partial charge in [0, 0.05) is 12.4 Å². The standard InChI is InChI=1S/C10H14N2/c1-7(2)10(11)9-4-8(3)5-12-6-9/h4-6,10H,1,11H2,2-3H3. The van der Waals surface area contributed by atoms with E-state index in [9.17, 15) is 0 Å². The lowest BCUT2D eigenvalue weighted by Gasteiger charge is -2.11. The molecule has 12 heavy (non-hydrogen) atoms. The summed E-state index contributed by atoms with van der Waals surface area (Å²) in [6, 6.07) is 1.95. The fourth-order valence-electron chi connectivity index (χ4n) is 1.03. The van der Waals surface area contributed by atoms with E-state index in [0.717, 1.165) is 16.7 Å². The van der Waals surface area contributed by atoms with E-state index >= 15 is 0 Å². The van der Waals surface area contributed by atoms with Gasteiger partial charge in [0.2, 0.25) is 0 Å². The van der Waals surface area contributed by atoms with Gasteiger partial charge in [-0.2, -0.15) is 0 Å². The molecule has 0 saturated carbocycles. The number of hydrogen-bond donors (Lipinski definition) is 1. The first-order chi connectivity index (χ1) is 5.61. The molecule has 0 aliphatic carbocycles. The van der Waals surface area contributed by atoms with Gasteiger partial charge in [-0.3, -0.25) is 4.98 Å². The van der Waals surface area contributed by atoms with Crippen molar-refractivity contribution in [2.45, 2.75) is 19.9 Å². The Hall–Kier alpha value is -1.15. The fourth-order valence-corrected chi connectivity index (χ4v) is 1.03. The zero-order chi connectivity index (χ0) is 9.14. The highest BCUT2D eigenvalue weighted by molar-refractivity contribution is 5.25. The Labute approximate surface area is 73.1 Å². The smallest absolute Gasteiger partial charge is 0.0521 e. The second-order valence-electron chi connectivity index (χ2n) is 3.12. The molecular formula is C10H14N2. The van der Waals surface area contributed by atoms with E-state index in [2.05, 4.69) is 11.6 Å². The number of pyridine rings is 1. The summed E-state index contributed by atoms with van der Waals surface area (Å²) < 4.78 is 0. The quantitative estimate of drug-likeness (QED) is 0.675. The van der Waals surface area contributed by atoms with E-state index < -0.39 is 0 Å². The zero-order valence-electron chi connectivity index (χ0n) is 7.54. The number of aromatic nitrogens is 1. The van der Waals surface area contributed by atoms with Crippen molar-refractivity contribution in [3.8, 4) is 0 Å². The van der Waals surface area contributed by atoms with E-state index in [-0.39, 0.29) is 6.04 Å². The largest absolute Gasteiger partial charge is 0.321 e. The van der Waals surface area contributed by atoms with Crippen LogP contribution in [0.3, 0.4) is 0 Å². The van der Waals surface area contributed by atoms with Crippen LogP contribution in [0.2, 0.25) is 0 Å². The molecule has 1 unspecified atom stereocenters.